The Kier molecular flexibility index (Phi) is 2.43. The topological polar surface area (TPSA) is 75.9 Å². The minimum Gasteiger partial charge on any atom is -0.367 e. The second kappa shape index (κ2) is 3.84. The highest BCUT2D eigenvalue weighted by atomic mass is 15.3. The Morgan fingerprint density at radius 2 is 1.88 bits per heavy atom. The molecular formula is C12H19N5. The van der Waals surface area contributed by atoms with Crippen LogP contribution in [0.3, 0.4) is 0 Å². The van der Waals surface area contributed by atoms with Crippen LogP contribution in [-0.4, -0.2) is 16.0 Å². The van der Waals surface area contributed by atoms with Crippen molar-refractivity contribution in [3.63, 3.8) is 0 Å². The summed E-state index contributed by atoms with van der Waals surface area (Å²) in [4.78, 5) is 9.11. The molecule has 2 fully saturated rings. The maximum atomic E-state index is 5.51. The van der Waals surface area contributed by atoms with E-state index in [0.717, 1.165) is 28.9 Å². The predicted octanol–water partition coefficient (Wildman–Crippen LogP) is 1.77. The van der Waals surface area contributed by atoms with Gasteiger partial charge < -0.3 is 10.7 Å². The lowest BCUT2D eigenvalue weighted by molar-refractivity contribution is 0.888. The number of nitrogens with one attached hydrogen (secondary N) is 2. The standard InChI is InChI=1S/C12H19N5/c1-6-5-9(6)14-10-7(2)11(17-13)16-12(15-10)8-3-4-8/h6,8-9H,3-5,13H2,1-2H3,(H2,14,15,16,17). The third kappa shape index (κ3) is 2.07. The Morgan fingerprint density at radius 1 is 1.24 bits per heavy atom. The van der Waals surface area contributed by atoms with Gasteiger partial charge in [0.05, 0.1) is 0 Å². The Morgan fingerprint density at radius 3 is 2.41 bits per heavy atom. The van der Waals surface area contributed by atoms with Crippen molar-refractivity contribution in [1.29, 1.82) is 0 Å². The maximum absolute atomic E-state index is 5.51. The van der Waals surface area contributed by atoms with Gasteiger partial charge in [0, 0.05) is 17.5 Å². The van der Waals surface area contributed by atoms with Crippen LogP contribution in [0.1, 0.15) is 43.5 Å². The molecule has 5 nitrogen and oxygen atoms in total. The van der Waals surface area contributed by atoms with Gasteiger partial charge in [-0.1, -0.05) is 6.92 Å². The molecule has 0 spiro atoms. The molecule has 0 radical (unpaired) electrons. The molecule has 0 aromatic carbocycles. The first-order valence-corrected chi connectivity index (χ1v) is 6.30. The van der Waals surface area contributed by atoms with Gasteiger partial charge in [0.1, 0.15) is 17.5 Å². The van der Waals surface area contributed by atoms with Crippen molar-refractivity contribution < 1.29 is 0 Å². The van der Waals surface area contributed by atoms with Gasteiger partial charge in [-0.15, -0.1) is 0 Å². The van der Waals surface area contributed by atoms with Crippen LogP contribution in [0.5, 0.6) is 0 Å². The van der Waals surface area contributed by atoms with E-state index in [9.17, 15) is 0 Å². The fourth-order valence-corrected chi connectivity index (χ4v) is 2.04. The summed E-state index contributed by atoms with van der Waals surface area (Å²) in [5.74, 6) is 9.44. The Hall–Kier alpha value is -1.36. The Labute approximate surface area is 101 Å². The van der Waals surface area contributed by atoms with Gasteiger partial charge in [0.15, 0.2) is 0 Å². The van der Waals surface area contributed by atoms with Crippen LogP contribution in [0.2, 0.25) is 0 Å². The molecule has 2 unspecified atom stereocenters. The van der Waals surface area contributed by atoms with E-state index in [4.69, 9.17) is 5.84 Å². The van der Waals surface area contributed by atoms with Crippen molar-refractivity contribution in [2.75, 3.05) is 10.7 Å². The molecule has 0 bridgehead atoms. The van der Waals surface area contributed by atoms with Crippen molar-refractivity contribution in [2.45, 2.75) is 45.1 Å². The minimum absolute atomic E-state index is 0.542. The second-order valence-electron chi connectivity index (χ2n) is 5.29. The molecule has 3 rings (SSSR count). The number of anilines is 2. The third-order valence-corrected chi connectivity index (χ3v) is 3.67. The molecule has 1 aromatic rings. The van der Waals surface area contributed by atoms with Crippen molar-refractivity contribution in [3.05, 3.63) is 11.4 Å². The van der Waals surface area contributed by atoms with Crippen molar-refractivity contribution in [3.8, 4) is 0 Å². The van der Waals surface area contributed by atoms with Crippen molar-refractivity contribution in [2.24, 2.45) is 11.8 Å². The first-order valence-electron chi connectivity index (χ1n) is 6.30. The summed E-state index contributed by atoms with van der Waals surface area (Å²) in [5.41, 5.74) is 3.68. The van der Waals surface area contributed by atoms with Crippen LogP contribution < -0.4 is 16.6 Å². The van der Waals surface area contributed by atoms with Gasteiger partial charge in [0.25, 0.3) is 0 Å². The fraction of sp³-hybridized carbons (Fsp3) is 0.667. The largest absolute Gasteiger partial charge is 0.367 e. The zero-order valence-electron chi connectivity index (χ0n) is 10.3. The summed E-state index contributed by atoms with van der Waals surface area (Å²) in [6.07, 6.45) is 3.63. The van der Waals surface area contributed by atoms with E-state index in [2.05, 4.69) is 27.6 Å². The molecule has 1 aromatic heterocycles. The first kappa shape index (κ1) is 10.8. The fourth-order valence-electron chi connectivity index (χ4n) is 2.04. The number of hydrazine groups is 1. The summed E-state index contributed by atoms with van der Waals surface area (Å²) in [6.45, 7) is 4.25. The molecule has 2 atom stereocenters. The van der Waals surface area contributed by atoms with E-state index in [1.807, 2.05) is 6.92 Å². The molecule has 1 heterocycles. The molecule has 17 heavy (non-hydrogen) atoms. The number of hydrogen-bond acceptors (Lipinski definition) is 5. The number of rotatable bonds is 4. The highest BCUT2D eigenvalue weighted by Gasteiger charge is 2.34. The minimum atomic E-state index is 0.542. The number of nitrogens with zero attached hydrogens (tertiary/aromatic N) is 2. The first-order chi connectivity index (χ1) is 8.19. The molecule has 2 aliphatic rings. The van der Waals surface area contributed by atoms with Crippen LogP contribution in [0.25, 0.3) is 0 Å². The van der Waals surface area contributed by atoms with Crippen LogP contribution in [0.15, 0.2) is 0 Å². The molecule has 0 saturated heterocycles. The summed E-state index contributed by atoms with van der Waals surface area (Å²) in [7, 11) is 0. The Bertz CT molecular complexity index is 441. The van der Waals surface area contributed by atoms with Gasteiger partial charge in [-0.05, 0) is 32.1 Å². The highest BCUT2D eigenvalue weighted by Crippen LogP contribution is 2.40. The molecule has 0 aliphatic heterocycles. The van der Waals surface area contributed by atoms with Crippen LogP contribution in [0, 0.1) is 12.8 Å². The lowest BCUT2D eigenvalue weighted by Crippen LogP contribution is -2.15. The van der Waals surface area contributed by atoms with E-state index < -0.39 is 0 Å². The van der Waals surface area contributed by atoms with Gasteiger partial charge in [0.2, 0.25) is 0 Å². The summed E-state index contributed by atoms with van der Waals surface area (Å²) >= 11 is 0. The summed E-state index contributed by atoms with van der Waals surface area (Å²) in [6, 6.07) is 0.571. The lowest BCUT2D eigenvalue weighted by Gasteiger charge is -2.13. The Balaban J connectivity index is 1.90. The molecule has 5 heteroatoms. The van der Waals surface area contributed by atoms with E-state index in [0.29, 0.717) is 12.0 Å². The maximum Gasteiger partial charge on any atom is 0.148 e. The van der Waals surface area contributed by atoms with E-state index in [1.165, 1.54) is 19.3 Å². The van der Waals surface area contributed by atoms with Gasteiger partial charge in [-0.3, -0.25) is 0 Å². The predicted molar refractivity (Wildman–Crippen MR) is 67.7 cm³/mol. The lowest BCUT2D eigenvalue weighted by atomic mass is 10.2. The average Bonchev–Trinajstić information content (AvgIpc) is 3.19. The smallest absolute Gasteiger partial charge is 0.148 e. The SMILES string of the molecule is Cc1c(NN)nc(C2CC2)nc1NC1CC1C. The van der Waals surface area contributed by atoms with Crippen LogP contribution in [0.4, 0.5) is 11.6 Å². The number of aromatic nitrogens is 2. The van der Waals surface area contributed by atoms with Crippen LogP contribution in [-0.2, 0) is 0 Å². The summed E-state index contributed by atoms with van der Waals surface area (Å²) in [5, 5.41) is 3.48. The number of hydrogen-bond donors (Lipinski definition) is 3. The second-order valence-corrected chi connectivity index (χ2v) is 5.29. The molecule has 4 N–H and O–H groups in total. The van der Waals surface area contributed by atoms with Crippen molar-refractivity contribution >= 4 is 11.6 Å². The third-order valence-electron chi connectivity index (χ3n) is 3.67. The van der Waals surface area contributed by atoms with Crippen LogP contribution >= 0.6 is 0 Å². The molecule has 92 valence electrons. The zero-order valence-corrected chi connectivity index (χ0v) is 10.3. The van der Waals surface area contributed by atoms with E-state index in [-0.39, 0.29) is 0 Å². The van der Waals surface area contributed by atoms with E-state index in [1.54, 1.807) is 0 Å². The summed E-state index contributed by atoms with van der Waals surface area (Å²) < 4.78 is 0. The van der Waals surface area contributed by atoms with E-state index >= 15 is 0 Å². The normalized spacial score (nSPS) is 26.8. The number of nitrogens with two attached hydrogens (primary N) is 1. The van der Waals surface area contributed by atoms with Crippen molar-refractivity contribution in [1.82, 2.24) is 9.97 Å². The van der Waals surface area contributed by atoms with Gasteiger partial charge >= 0.3 is 0 Å². The van der Waals surface area contributed by atoms with Gasteiger partial charge in [-0.2, -0.15) is 0 Å². The molecule has 2 aliphatic carbocycles. The molecular weight excluding hydrogens is 214 g/mol. The monoisotopic (exact) mass is 233 g/mol. The highest BCUT2D eigenvalue weighted by molar-refractivity contribution is 5.58. The molecule has 2 saturated carbocycles. The quantitative estimate of drug-likeness (QED) is 0.546. The van der Waals surface area contributed by atoms with Gasteiger partial charge in [-0.25, -0.2) is 15.8 Å². The zero-order chi connectivity index (χ0) is 12.0. The molecule has 0 amide bonds. The average molecular weight is 233 g/mol. The number of nitrogen functional groups attached to an aromatic ring is 1.